The molecule has 7 nitrogen and oxygen atoms in total. The number of hydrogen-bond acceptors (Lipinski definition) is 5. The summed E-state index contributed by atoms with van der Waals surface area (Å²) < 4.78 is 10.5. The van der Waals surface area contributed by atoms with Gasteiger partial charge in [-0.1, -0.05) is 6.92 Å². The summed E-state index contributed by atoms with van der Waals surface area (Å²) in [5.41, 5.74) is 2.84. The molecule has 2 N–H and O–H groups in total. The van der Waals surface area contributed by atoms with Crippen molar-refractivity contribution in [3.63, 3.8) is 0 Å². The number of aryl methyl sites for hydroxylation is 2. The maximum Gasteiger partial charge on any atom is 0.251 e. The van der Waals surface area contributed by atoms with Gasteiger partial charge in [-0.05, 0) is 44.4 Å². The van der Waals surface area contributed by atoms with Gasteiger partial charge in [-0.15, -0.1) is 0 Å². The van der Waals surface area contributed by atoms with E-state index in [1.54, 1.807) is 32.4 Å². The molecule has 1 fully saturated rings. The van der Waals surface area contributed by atoms with Crippen LogP contribution in [0.1, 0.15) is 47.3 Å². The van der Waals surface area contributed by atoms with Crippen LogP contribution in [0, 0.1) is 12.8 Å². The quantitative estimate of drug-likeness (QED) is 0.712. The molecule has 1 saturated heterocycles. The van der Waals surface area contributed by atoms with Crippen molar-refractivity contribution in [1.82, 2.24) is 20.2 Å². The number of aromatic amines is 1. The van der Waals surface area contributed by atoms with Gasteiger partial charge in [0.15, 0.2) is 0 Å². The van der Waals surface area contributed by atoms with Crippen LogP contribution < -0.4 is 14.8 Å². The van der Waals surface area contributed by atoms with Crippen LogP contribution in [-0.4, -0.2) is 54.6 Å². The van der Waals surface area contributed by atoms with Crippen molar-refractivity contribution < 1.29 is 14.3 Å². The second kappa shape index (κ2) is 9.78. The molecule has 1 amide bonds. The number of H-pyrrole nitrogens is 1. The van der Waals surface area contributed by atoms with Crippen molar-refractivity contribution in [2.45, 2.75) is 39.7 Å². The van der Waals surface area contributed by atoms with Crippen molar-refractivity contribution >= 4 is 5.91 Å². The van der Waals surface area contributed by atoms with Crippen molar-refractivity contribution in [3.8, 4) is 11.5 Å². The summed E-state index contributed by atoms with van der Waals surface area (Å²) in [5, 5.41) is 3.08. The van der Waals surface area contributed by atoms with Gasteiger partial charge < -0.3 is 19.8 Å². The second-order valence-electron chi connectivity index (χ2n) is 7.66. The van der Waals surface area contributed by atoms with Gasteiger partial charge in [0.2, 0.25) is 0 Å². The molecule has 0 saturated carbocycles. The zero-order chi connectivity index (χ0) is 20.8. The number of amides is 1. The molecule has 29 heavy (non-hydrogen) atoms. The predicted octanol–water partition coefficient (Wildman–Crippen LogP) is 2.94. The minimum absolute atomic E-state index is 0.102. The van der Waals surface area contributed by atoms with Gasteiger partial charge in [0.05, 0.1) is 19.9 Å². The Morgan fingerprint density at radius 1 is 1.28 bits per heavy atom. The molecule has 1 aromatic carbocycles. The Morgan fingerprint density at radius 3 is 2.62 bits per heavy atom. The third kappa shape index (κ3) is 5.50. The molecule has 2 aromatic rings. The normalized spacial score (nSPS) is 17.2. The number of carbonyl (C=O) groups excluding carboxylic acids is 1. The Kier molecular flexibility index (Phi) is 7.14. The first-order valence-corrected chi connectivity index (χ1v) is 10.3. The highest BCUT2D eigenvalue weighted by molar-refractivity contribution is 5.95. The lowest BCUT2D eigenvalue weighted by Gasteiger charge is -2.32. The fraction of sp³-hybridized carbons (Fsp3) is 0.545. The minimum Gasteiger partial charge on any atom is -0.497 e. The molecule has 2 heterocycles. The van der Waals surface area contributed by atoms with Gasteiger partial charge in [-0.25, -0.2) is 4.98 Å². The average Bonchev–Trinajstić information content (AvgIpc) is 3.11. The molecule has 1 aliphatic rings. The molecule has 3 rings (SSSR count). The van der Waals surface area contributed by atoms with Gasteiger partial charge >= 0.3 is 0 Å². The highest BCUT2D eigenvalue weighted by atomic mass is 16.5. The van der Waals surface area contributed by atoms with E-state index in [0.717, 1.165) is 56.1 Å². The summed E-state index contributed by atoms with van der Waals surface area (Å²) in [6.07, 6.45) is 3.18. The van der Waals surface area contributed by atoms with E-state index >= 15 is 0 Å². The number of methoxy groups -OCH3 is 2. The zero-order valence-corrected chi connectivity index (χ0v) is 17.9. The maximum absolute atomic E-state index is 12.6. The summed E-state index contributed by atoms with van der Waals surface area (Å²) in [6, 6.07) is 5.23. The van der Waals surface area contributed by atoms with E-state index < -0.39 is 0 Å². The Morgan fingerprint density at radius 2 is 2.00 bits per heavy atom. The Hall–Kier alpha value is -2.54. The molecule has 7 heteroatoms. The Balaban J connectivity index is 1.55. The molecule has 1 aromatic heterocycles. The molecule has 158 valence electrons. The number of rotatable bonds is 8. The number of hydrogen-bond donors (Lipinski definition) is 2. The van der Waals surface area contributed by atoms with Gasteiger partial charge in [0.1, 0.15) is 17.3 Å². The third-order valence-electron chi connectivity index (χ3n) is 5.51. The van der Waals surface area contributed by atoms with Crippen LogP contribution >= 0.6 is 0 Å². The average molecular weight is 401 g/mol. The topological polar surface area (TPSA) is 79.5 Å². The lowest BCUT2D eigenvalue weighted by atomic mass is 9.97. The first-order valence-electron chi connectivity index (χ1n) is 10.3. The van der Waals surface area contributed by atoms with Gasteiger partial charge in [0, 0.05) is 43.4 Å². The van der Waals surface area contributed by atoms with Gasteiger partial charge in [-0.3, -0.25) is 9.69 Å². The molecule has 0 aliphatic carbocycles. The fourth-order valence-electron chi connectivity index (χ4n) is 3.84. The SMILES string of the molecule is CCc1nc(CN2CCCC(CNC(=O)c3cc(OC)cc(OC)c3)C2)c(C)[nH]1. The maximum atomic E-state index is 12.6. The second-order valence-corrected chi connectivity index (χ2v) is 7.66. The van der Waals surface area contributed by atoms with Gasteiger partial charge in [0.25, 0.3) is 5.91 Å². The standard InChI is InChI=1S/C22H32N4O3/c1-5-21-24-15(2)20(25-21)14-26-8-6-7-16(13-26)12-23-22(27)17-9-18(28-3)11-19(10-17)29-4/h9-11,16H,5-8,12-14H2,1-4H3,(H,23,27)(H,24,25). The molecule has 1 unspecified atom stereocenters. The Bertz CT molecular complexity index is 811. The number of aromatic nitrogens is 2. The first-order chi connectivity index (χ1) is 14.0. The van der Waals surface area contributed by atoms with Crippen molar-refractivity contribution in [1.29, 1.82) is 0 Å². The summed E-state index contributed by atoms with van der Waals surface area (Å²) >= 11 is 0. The Labute approximate surface area is 172 Å². The van der Waals surface area contributed by atoms with Crippen LogP contribution in [0.15, 0.2) is 18.2 Å². The summed E-state index contributed by atoms with van der Waals surface area (Å²) in [6.45, 7) is 7.76. The van der Waals surface area contributed by atoms with Crippen molar-refractivity contribution in [2.75, 3.05) is 33.9 Å². The molecular formula is C22H32N4O3. The monoisotopic (exact) mass is 400 g/mol. The van der Waals surface area contributed by atoms with E-state index in [2.05, 4.69) is 29.0 Å². The zero-order valence-electron chi connectivity index (χ0n) is 17.9. The number of carbonyl (C=O) groups is 1. The molecule has 0 radical (unpaired) electrons. The van der Waals surface area contributed by atoms with Crippen LogP contribution in [0.5, 0.6) is 11.5 Å². The lowest BCUT2D eigenvalue weighted by Crippen LogP contribution is -2.40. The summed E-state index contributed by atoms with van der Waals surface area (Å²) in [5.74, 6) is 2.60. The first kappa shape index (κ1) is 21.2. The number of ether oxygens (including phenoxy) is 2. The number of nitrogens with one attached hydrogen (secondary N) is 2. The van der Waals surface area contributed by atoms with Crippen LogP contribution in [0.4, 0.5) is 0 Å². The molecular weight excluding hydrogens is 368 g/mol. The lowest BCUT2D eigenvalue weighted by molar-refractivity contribution is 0.0929. The van der Waals surface area contributed by atoms with Crippen molar-refractivity contribution in [3.05, 3.63) is 41.0 Å². The number of benzene rings is 1. The fourth-order valence-corrected chi connectivity index (χ4v) is 3.84. The van der Waals surface area contributed by atoms with Crippen molar-refractivity contribution in [2.24, 2.45) is 5.92 Å². The largest absolute Gasteiger partial charge is 0.497 e. The number of nitrogens with zero attached hydrogens (tertiary/aromatic N) is 2. The van der Waals surface area contributed by atoms with E-state index in [-0.39, 0.29) is 5.91 Å². The number of likely N-dealkylation sites (tertiary alicyclic amines) is 1. The van der Waals surface area contributed by atoms with Crippen LogP contribution in [0.3, 0.4) is 0 Å². The summed E-state index contributed by atoms with van der Waals surface area (Å²) in [4.78, 5) is 23.1. The molecule has 1 atom stereocenters. The molecule has 0 spiro atoms. The van der Waals surface area contributed by atoms with E-state index in [1.807, 2.05) is 0 Å². The highest BCUT2D eigenvalue weighted by Crippen LogP contribution is 2.23. The smallest absolute Gasteiger partial charge is 0.251 e. The van der Waals surface area contributed by atoms with E-state index in [4.69, 9.17) is 14.5 Å². The highest BCUT2D eigenvalue weighted by Gasteiger charge is 2.22. The van der Waals surface area contributed by atoms with E-state index in [1.165, 1.54) is 0 Å². The van der Waals surface area contributed by atoms with Crippen LogP contribution in [-0.2, 0) is 13.0 Å². The predicted molar refractivity (Wildman–Crippen MR) is 113 cm³/mol. The van der Waals surface area contributed by atoms with Crippen LogP contribution in [0.2, 0.25) is 0 Å². The van der Waals surface area contributed by atoms with Gasteiger partial charge in [-0.2, -0.15) is 0 Å². The van der Waals surface area contributed by atoms with E-state index in [9.17, 15) is 4.79 Å². The molecule has 0 bridgehead atoms. The summed E-state index contributed by atoms with van der Waals surface area (Å²) in [7, 11) is 3.16. The number of imidazole rings is 1. The van der Waals surface area contributed by atoms with E-state index in [0.29, 0.717) is 29.5 Å². The molecule has 1 aliphatic heterocycles. The third-order valence-corrected chi connectivity index (χ3v) is 5.51. The van der Waals surface area contributed by atoms with Crippen LogP contribution in [0.25, 0.3) is 0 Å². The number of piperidine rings is 1. The minimum atomic E-state index is -0.102.